The largest absolute Gasteiger partial charge is 0.464 e. The molecule has 1 aliphatic carbocycles. The van der Waals surface area contributed by atoms with Crippen LogP contribution in [0.5, 0.6) is 0 Å². The second-order valence-electron chi connectivity index (χ2n) is 6.14. The zero-order valence-corrected chi connectivity index (χ0v) is 13.9. The highest BCUT2D eigenvalue weighted by Crippen LogP contribution is 2.37. The number of hydrogen-bond donors (Lipinski definition) is 1. The van der Waals surface area contributed by atoms with E-state index in [9.17, 15) is 9.59 Å². The lowest BCUT2D eigenvalue weighted by atomic mass is 9.90. The number of benzene rings is 1. The molecular formula is C18H24N2O3. The van der Waals surface area contributed by atoms with E-state index in [1.54, 1.807) is 11.8 Å². The molecule has 1 unspecified atom stereocenters. The summed E-state index contributed by atoms with van der Waals surface area (Å²) in [4.78, 5) is 26.4. The lowest BCUT2D eigenvalue weighted by Crippen LogP contribution is -2.50. The van der Waals surface area contributed by atoms with Gasteiger partial charge in [-0.25, -0.2) is 4.79 Å². The van der Waals surface area contributed by atoms with Gasteiger partial charge in [0.15, 0.2) is 0 Å². The first-order chi connectivity index (χ1) is 11.2. The molecule has 124 valence electrons. The van der Waals surface area contributed by atoms with E-state index in [1.807, 2.05) is 6.92 Å². The minimum atomic E-state index is -0.551. The summed E-state index contributed by atoms with van der Waals surface area (Å²) in [5.41, 5.74) is 4.44. The summed E-state index contributed by atoms with van der Waals surface area (Å²) in [6, 6.07) is 3.70. The van der Waals surface area contributed by atoms with Crippen LogP contribution in [-0.2, 0) is 27.2 Å². The fraction of sp³-hybridized carbons (Fsp3) is 0.556. The number of fused-ring (bicyclic) bond motifs is 2. The maximum absolute atomic E-state index is 12.5. The van der Waals surface area contributed by atoms with E-state index in [0.717, 1.165) is 24.2 Å². The lowest BCUT2D eigenvalue weighted by Gasteiger charge is -2.36. The number of hydrogen-bond acceptors (Lipinski definition) is 4. The Balaban J connectivity index is 2.01. The molecule has 0 saturated carbocycles. The molecule has 5 nitrogen and oxygen atoms in total. The molecule has 1 aliphatic heterocycles. The van der Waals surface area contributed by atoms with Crippen LogP contribution in [0.2, 0.25) is 0 Å². The smallest absolute Gasteiger partial charge is 0.329 e. The molecule has 1 aromatic carbocycles. The van der Waals surface area contributed by atoms with E-state index in [1.165, 1.54) is 24.0 Å². The Hall–Kier alpha value is -2.04. The van der Waals surface area contributed by atoms with E-state index in [4.69, 9.17) is 4.74 Å². The average molecular weight is 316 g/mol. The van der Waals surface area contributed by atoms with Crippen LogP contribution >= 0.6 is 0 Å². The number of carbonyl (C=O) groups excluding carboxylic acids is 2. The SMILES string of the molecule is CCOC(=O)C(CC)N1C(=O)CNc2cc3c(cc21)CCCC3. The minimum Gasteiger partial charge on any atom is -0.464 e. The molecule has 23 heavy (non-hydrogen) atoms. The maximum Gasteiger partial charge on any atom is 0.329 e. The van der Waals surface area contributed by atoms with Gasteiger partial charge in [0.05, 0.1) is 24.5 Å². The van der Waals surface area contributed by atoms with Crippen molar-refractivity contribution >= 4 is 23.3 Å². The van der Waals surface area contributed by atoms with Gasteiger partial charge in [-0.15, -0.1) is 0 Å². The number of aryl methyl sites for hydroxylation is 2. The van der Waals surface area contributed by atoms with Crippen molar-refractivity contribution in [3.63, 3.8) is 0 Å². The fourth-order valence-electron chi connectivity index (χ4n) is 3.54. The summed E-state index contributed by atoms with van der Waals surface area (Å²) in [6.07, 6.45) is 5.08. The molecule has 1 aromatic rings. The first-order valence-electron chi connectivity index (χ1n) is 8.54. The van der Waals surface area contributed by atoms with Gasteiger partial charge >= 0.3 is 5.97 Å². The van der Waals surface area contributed by atoms with Crippen LogP contribution < -0.4 is 10.2 Å². The molecule has 1 N–H and O–H groups in total. The highest BCUT2D eigenvalue weighted by Gasteiger charge is 2.35. The molecule has 1 amide bonds. The third-order valence-electron chi connectivity index (χ3n) is 4.68. The molecule has 0 fully saturated rings. The molecule has 0 aromatic heterocycles. The summed E-state index contributed by atoms with van der Waals surface area (Å²) in [5.74, 6) is -0.401. The average Bonchev–Trinajstić information content (AvgIpc) is 2.56. The summed E-state index contributed by atoms with van der Waals surface area (Å²) in [7, 11) is 0. The molecule has 1 atom stereocenters. The van der Waals surface area contributed by atoms with Crippen molar-refractivity contribution in [2.75, 3.05) is 23.4 Å². The van der Waals surface area contributed by atoms with E-state index in [0.29, 0.717) is 13.0 Å². The zero-order valence-electron chi connectivity index (χ0n) is 13.9. The Morgan fingerprint density at radius 2 is 1.96 bits per heavy atom. The van der Waals surface area contributed by atoms with Gasteiger partial charge in [-0.05, 0) is 62.3 Å². The van der Waals surface area contributed by atoms with Crippen LogP contribution in [0.3, 0.4) is 0 Å². The van der Waals surface area contributed by atoms with Crippen molar-refractivity contribution in [2.24, 2.45) is 0 Å². The Morgan fingerprint density at radius 3 is 2.61 bits per heavy atom. The quantitative estimate of drug-likeness (QED) is 0.868. The van der Waals surface area contributed by atoms with Gasteiger partial charge in [0.2, 0.25) is 5.91 Å². The summed E-state index contributed by atoms with van der Waals surface area (Å²) < 4.78 is 5.17. The van der Waals surface area contributed by atoms with Gasteiger partial charge in [0, 0.05) is 0 Å². The number of anilines is 2. The van der Waals surface area contributed by atoms with Crippen LogP contribution in [0.4, 0.5) is 11.4 Å². The molecule has 0 saturated heterocycles. The Morgan fingerprint density at radius 1 is 1.26 bits per heavy atom. The van der Waals surface area contributed by atoms with E-state index in [2.05, 4.69) is 17.4 Å². The van der Waals surface area contributed by atoms with Crippen LogP contribution in [0.25, 0.3) is 0 Å². The van der Waals surface area contributed by atoms with Crippen molar-refractivity contribution in [2.45, 2.75) is 52.0 Å². The highest BCUT2D eigenvalue weighted by atomic mass is 16.5. The molecule has 3 rings (SSSR count). The van der Waals surface area contributed by atoms with Crippen molar-refractivity contribution in [1.29, 1.82) is 0 Å². The summed E-state index contributed by atoms with van der Waals surface area (Å²) in [6.45, 7) is 4.25. The number of carbonyl (C=O) groups is 2. The third-order valence-corrected chi connectivity index (χ3v) is 4.68. The molecule has 0 bridgehead atoms. The van der Waals surface area contributed by atoms with Crippen LogP contribution in [-0.4, -0.2) is 31.1 Å². The molecule has 2 aliphatic rings. The van der Waals surface area contributed by atoms with Gasteiger partial charge in [-0.1, -0.05) is 6.92 Å². The van der Waals surface area contributed by atoms with Crippen LogP contribution in [0.1, 0.15) is 44.2 Å². The molecule has 0 spiro atoms. The lowest BCUT2D eigenvalue weighted by molar-refractivity contribution is -0.146. The van der Waals surface area contributed by atoms with Gasteiger partial charge in [-0.3, -0.25) is 9.69 Å². The Kier molecular flexibility index (Phi) is 4.55. The van der Waals surface area contributed by atoms with Crippen molar-refractivity contribution < 1.29 is 14.3 Å². The van der Waals surface area contributed by atoms with E-state index < -0.39 is 6.04 Å². The first-order valence-corrected chi connectivity index (χ1v) is 8.54. The normalized spacial score (nSPS) is 17.8. The second kappa shape index (κ2) is 6.60. The Labute approximate surface area is 137 Å². The van der Waals surface area contributed by atoms with E-state index in [-0.39, 0.29) is 18.4 Å². The number of nitrogens with zero attached hydrogens (tertiary/aromatic N) is 1. The first kappa shape index (κ1) is 15.8. The monoisotopic (exact) mass is 316 g/mol. The molecule has 5 heteroatoms. The molecular weight excluding hydrogens is 292 g/mol. The van der Waals surface area contributed by atoms with Crippen molar-refractivity contribution in [3.05, 3.63) is 23.3 Å². The molecule has 1 heterocycles. The van der Waals surface area contributed by atoms with Gasteiger partial charge < -0.3 is 10.1 Å². The number of esters is 1. The number of ether oxygens (including phenoxy) is 1. The van der Waals surface area contributed by atoms with Gasteiger partial charge in [0.25, 0.3) is 0 Å². The second-order valence-corrected chi connectivity index (χ2v) is 6.14. The predicted octanol–water partition coefficient (Wildman–Crippen LogP) is 2.67. The summed E-state index contributed by atoms with van der Waals surface area (Å²) in [5, 5.41) is 3.20. The highest BCUT2D eigenvalue weighted by molar-refractivity contribution is 6.06. The number of nitrogens with one attached hydrogen (secondary N) is 1. The standard InChI is InChI=1S/C18H24N2O3/c1-3-15(18(22)23-4-2)20-16-10-13-8-6-5-7-12(13)9-14(16)19-11-17(20)21/h9-10,15,19H,3-8,11H2,1-2H3. The van der Waals surface area contributed by atoms with Crippen molar-refractivity contribution in [1.82, 2.24) is 0 Å². The third kappa shape index (κ3) is 2.92. The van der Waals surface area contributed by atoms with Gasteiger partial charge in [-0.2, -0.15) is 0 Å². The van der Waals surface area contributed by atoms with Crippen LogP contribution in [0, 0.1) is 0 Å². The molecule has 0 radical (unpaired) electrons. The van der Waals surface area contributed by atoms with Gasteiger partial charge in [0.1, 0.15) is 6.04 Å². The fourth-order valence-corrected chi connectivity index (χ4v) is 3.54. The predicted molar refractivity (Wildman–Crippen MR) is 89.8 cm³/mol. The van der Waals surface area contributed by atoms with E-state index >= 15 is 0 Å². The summed E-state index contributed by atoms with van der Waals surface area (Å²) >= 11 is 0. The Bertz CT molecular complexity index is 627. The maximum atomic E-state index is 12.5. The zero-order chi connectivity index (χ0) is 16.4. The van der Waals surface area contributed by atoms with Crippen LogP contribution in [0.15, 0.2) is 12.1 Å². The minimum absolute atomic E-state index is 0.0758. The van der Waals surface area contributed by atoms with Crippen molar-refractivity contribution in [3.8, 4) is 0 Å². The topological polar surface area (TPSA) is 58.6 Å². The number of amides is 1. The number of rotatable bonds is 4.